The average molecular weight is 336 g/mol. The zero-order valence-corrected chi connectivity index (χ0v) is 13.9. The predicted octanol–water partition coefficient (Wildman–Crippen LogP) is 3.58. The average Bonchev–Trinajstić information content (AvgIpc) is 3.23. The molecule has 1 aromatic carbocycles. The number of aromatic amines is 1. The number of hydrogen-bond acceptors (Lipinski definition) is 6. The van der Waals surface area contributed by atoms with Gasteiger partial charge in [0.05, 0.1) is 28.5 Å². The Kier molecular flexibility index (Phi) is 3.62. The van der Waals surface area contributed by atoms with E-state index in [1.54, 1.807) is 17.5 Å². The van der Waals surface area contributed by atoms with Crippen LogP contribution in [0.3, 0.4) is 0 Å². The normalized spacial score (nSPS) is 11.0. The molecule has 0 amide bonds. The third-order valence-corrected chi connectivity index (χ3v) is 4.59. The van der Waals surface area contributed by atoms with E-state index in [2.05, 4.69) is 30.9 Å². The Balaban J connectivity index is 1.70. The van der Waals surface area contributed by atoms with E-state index >= 15 is 0 Å². The summed E-state index contributed by atoms with van der Waals surface area (Å²) >= 11 is 1.65. The van der Waals surface area contributed by atoms with E-state index in [1.807, 2.05) is 37.3 Å². The van der Waals surface area contributed by atoms with Crippen LogP contribution in [0, 0.1) is 6.92 Å². The summed E-state index contributed by atoms with van der Waals surface area (Å²) in [4.78, 5) is 8.93. The van der Waals surface area contributed by atoms with Crippen molar-refractivity contribution < 1.29 is 0 Å². The maximum Gasteiger partial charge on any atom is 0.126 e. The number of anilines is 2. The van der Waals surface area contributed by atoms with Gasteiger partial charge in [-0.2, -0.15) is 5.10 Å². The summed E-state index contributed by atoms with van der Waals surface area (Å²) in [7, 11) is 0. The zero-order chi connectivity index (χ0) is 16.5. The molecule has 0 bridgehead atoms. The van der Waals surface area contributed by atoms with Crippen LogP contribution in [0.4, 0.5) is 11.5 Å². The Morgan fingerprint density at radius 3 is 2.88 bits per heavy atom. The van der Waals surface area contributed by atoms with Crippen LogP contribution >= 0.6 is 11.3 Å². The van der Waals surface area contributed by atoms with Crippen LogP contribution in [0.25, 0.3) is 22.2 Å². The first kappa shape index (κ1) is 14.6. The fourth-order valence-electron chi connectivity index (χ4n) is 2.65. The number of fused-ring (bicyclic) bond motifs is 1. The van der Waals surface area contributed by atoms with Gasteiger partial charge in [-0.1, -0.05) is 12.1 Å². The van der Waals surface area contributed by atoms with Gasteiger partial charge in [0.25, 0.3) is 0 Å². The summed E-state index contributed by atoms with van der Waals surface area (Å²) in [6.07, 6.45) is 1.73. The third kappa shape index (κ3) is 2.81. The molecular weight excluding hydrogens is 320 g/mol. The number of rotatable bonds is 4. The quantitative estimate of drug-likeness (QED) is 0.530. The van der Waals surface area contributed by atoms with Crippen LogP contribution in [0.15, 0.2) is 41.9 Å². The lowest BCUT2D eigenvalue weighted by atomic mass is 10.1. The maximum atomic E-state index is 5.98. The highest BCUT2D eigenvalue weighted by molar-refractivity contribution is 7.09. The molecule has 24 heavy (non-hydrogen) atoms. The van der Waals surface area contributed by atoms with Crippen molar-refractivity contribution in [1.29, 1.82) is 0 Å². The predicted molar refractivity (Wildman–Crippen MR) is 97.9 cm³/mol. The number of nitrogens with one attached hydrogen (secondary N) is 2. The fraction of sp³-hybridized carbons (Fsp3) is 0.118. The van der Waals surface area contributed by atoms with Crippen molar-refractivity contribution in [2.45, 2.75) is 13.5 Å². The number of hydrogen-bond donors (Lipinski definition) is 3. The van der Waals surface area contributed by atoms with Crippen LogP contribution in [0.5, 0.6) is 0 Å². The van der Waals surface area contributed by atoms with Crippen molar-refractivity contribution >= 4 is 33.7 Å². The topological polar surface area (TPSA) is 92.5 Å². The van der Waals surface area contributed by atoms with Crippen LogP contribution in [-0.2, 0) is 6.54 Å². The van der Waals surface area contributed by atoms with E-state index in [0.29, 0.717) is 12.4 Å². The van der Waals surface area contributed by atoms with Gasteiger partial charge in [0.2, 0.25) is 0 Å². The molecule has 4 aromatic rings. The second kappa shape index (κ2) is 5.93. The van der Waals surface area contributed by atoms with Crippen molar-refractivity contribution in [3.63, 3.8) is 0 Å². The monoisotopic (exact) mass is 336 g/mol. The van der Waals surface area contributed by atoms with Crippen molar-refractivity contribution in [2.24, 2.45) is 0 Å². The summed E-state index contributed by atoms with van der Waals surface area (Å²) in [6.45, 7) is 2.66. The summed E-state index contributed by atoms with van der Waals surface area (Å²) in [6, 6.07) is 9.89. The summed E-state index contributed by atoms with van der Waals surface area (Å²) in [5.41, 5.74) is 10.8. The van der Waals surface area contributed by atoms with Gasteiger partial charge in [-0.15, -0.1) is 11.3 Å². The Morgan fingerprint density at radius 1 is 1.21 bits per heavy atom. The van der Waals surface area contributed by atoms with Gasteiger partial charge in [0.15, 0.2) is 0 Å². The molecule has 0 aliphatic heterocycles. The lowest BCUT2D eigenvalue weighted by Gasteiger charge is -2.10. The smallest absolute Gasteiger partial charge is 0.126 e. The van der Waals surface area contributed by atoms with Crippen molar-refractivity contribution in [3.05, 3.63) is 52.6 Å². The SMILES string of the molecule is Cc1nc(CNc2cc(N)nc3cc(-c4ccn[nH]4)ccc23)cs1. The molecule has 0 atom stereocenters. The molecule has 0 aliphatic carbocycles. The Morgan fingerprint density at radius 2 is 2.12 bits per heavy atom. The largest absolute Gasteiger partial charge is 0.384 e. The number of nitrogen functional groups attached to an aromatic ring is 1. The Hall–Kier alpha value is -2.93. The van der Waals surface area contributed by atoms with E-state index in [0.717, 1.165) is 38.5 Å². The first-order chi connectivity index (χ1) is 11.7. The lowest BCUT2D eigenvalue weighted by molar-refractivity contribution is 1.06. The van der Waals surface area contributed by atoms with E-state index in [9.17, 15) is 0 Å². The molecule has 7 heteroatoms. The van der Waals surface area contributed by atoms with Crippen molar-refractivity contribution in [1.82, 2.24) is 20.2 Å². The molecule has 0 fully saturated rings. The second-order valence-electron chi connectivity index (χ2n) is 5.51. The van der Waals surface area contributed by atoms with Gasteiger partial charge in [-0.05, 0) is 19.1 Å². The van der Waals surface area contributed by atoms with Crippen molar-refractivity contribution in [2.75, 3.05) is 11.1 Å². The summed E-state index contributed by atoms with van der Waals surface area (Å²) in [5.74, 6) is 0.487. The molecule has 120 valence electrons. The van der Waals surface area contributed by atoms with Gasteiger partial charge < -0.3 is 11.1 Å². The highest BCUT2D eigenvalue weighted by Crippen LogP contribution is 2.28. The Labute approximate surface area is 142 Å². The molecule has 3 aromatic heterocycles. The number of nitrogens with zero attached hydrogens (tertiary/aromatic N) is 3. The number of H-pyrrole nitrogens is 1. The summed E-state index contributed by atoms with van der Waals surface area (Å²) < 4.78 is 0. The van der Waals surface area contributed by atoms with Crippen LogP contribution < -0.4 is 11.1 Å². The van der Waals surface area contributed by atoms with Gasteiger partial charge >= 0.3 is 0 Å². The van der Waals surface area contributed by atoms with Crippen molar-refractivity contribution in [3.8, 4) is 11.3 Å². The number of pyridine rings is 1. The van der Waals surface area contributed by atoms with Crippen LogP contribution in [0.2, 0.25) is 0 Å². The third-order valence-electron chi connectivity index (χ3n) is 3.77. The van der Waals surface area contributed by atoms with Gasteiger partial charge in [0.1, 0.15) is 5.82 Å². The molecule has 0 saturated heterocycles. The number of thiazole rings is 1. The molecule has 0 spiro atoms. The molecule has 4 rings (SSSR count). The standard InChI is InChI=1S/C17H16N6S/c1-10-21-12(9-24-10)8-19-15-7-17(18)22-16-6-11(2-3-13(15)16)14-4-5-20-23-14/h2-7,9H,8H2,1H3,(H,20,23)(H3,18,19,22). The van der Waals surface area contributed by atoms with E-state index in [4.69, 9.17) is 5.73 Å². The molecule has 0 saturated carbocycles. The minimum absolute atomic E-state index is 0.487. The second-order valence-corrected chi connectivity index (χ2v) is 6.57. The molecule has 0 radical (unpaired) electrons. The molecule has 3 heterocycles. The van der Waals surface area contributed by atoms with Gasteiger partial charge in [0, 0.05) is 34.3 Å². The number of nitrogens with two attached hydrogens (primary N) is 1. The lowest BCUT2D eigenvalue weighted by Crippen LogP contribution is -2.02. The minimum atomic E-state index is 0.487. The molecule has 6 nitrogen and oxygen atoms in total. The van der Waals surface area contributed by atoms with Crippen LogP contribution in [0.1, 0.15) is 10.7 Å². The van der Waals surface area contributed by atoms with E-state index in [-0.39, 0.29) is 0 Å². The number of aromatic nitrogens is 4. The van der Waals surface area contributed by atoms with E-state index < -0.39 is 0 Å². The highest BCUT2D eigenvalue weighted by atomic mass is 32.1. The Bertz CT molecular complexity index is 990. The van der Waals surface area contributed by atoms with Gasteiger partial charge in [-0.25, -0.2) is 9.97 Å². The molecular formula is C17H16N6S. The zero-order valence-electron chi connectivity index (χ0n) is 13.1. The van der Waals surface area contributed by atoms with Crippen LogP contribution in [-0.4, -0.2) is 20.2 Å². The maximum absolute atomic E-state index is 5.98. The summed E-state index contributed by atoms with van der Waals surface area (Å²) in [5, 5.41) is 14.5. The first-order valence-electron chi connectivity index (χ1n) is 7.54. The minimum Gasteiger partial charge on any atom is -0.384 e. The fourth-order valence-corrected chi connectivity index (χ4v) is 3.27. The highest BCUT2D eigenvalue weighted by Gasteiger charge is 2.08. The number of aryl methyl sites for hydroxylation is 1. The molecule has 0 unspecified atom stereocenters. The van der Waals surface area contributed by atoms with Gasteiger partial charge in [-0.3, -0.25) is 5.10 Å². The molecule has 0 aliphatic rings. The number of benzene rings is 1. The molecule has 4 N–H and O–H groups in total. The van der Waals surface area contributed by atoms with E-state index in [1.165, 1.54) is 0 Å². The first-order valence-corrected chi connectivity index (χ1v) is 8.42.